The molecule has 7 atom stereocenters. The molecule has 4 aliphatic rings. The van der Waals surface area contributed by atoms with E-state index in [0.29, 0.717) is 11.7 Å². The van der Waals surface area contributed by atoms with Crippen molar-refractivity contribution >= 4 is 5.78 Å². The quantitative estimate of drug-likeness (QED) is 0.428. The second-order valence-corrected chi connectivity index (χ2v) is 9.55. The van der Waals surface area contributed by atoms with Crippen LogP contribution >= 0.6 is 0 Å². The summed E-state index contributed by atoms with van der Waals surface area (Å²) in [5.41, 5.74) is 2.03. The summed E-state index contributed by atoms with van der Waals surface area (Å²) >= 11 is 0. The number of allylic oxidation sites excluding steroid dienone is 1. The molecule has 3 heteroatoms. The van der Waals surface area contributed by atoms with Gasteiger partial charge in [-0.3, -0.25) is 4.79 Å². The van der Waals surface area contributed by atoms with Crippen LogP contribution in [0, 0.1) is 39.4 Å². The summed E-state index contributed by atoms with van der Waals surface area (Å²) in [5, 5.41) is 3.34. The number of rotatable bonds is 2. The Hall–Kier alpha value is -0.990. The third-order valence-corrected chi connectivity index (χ3v) is 8.72. The molecule has 4 rings (SSSR count). The molecule has 3 saturated carbocycles. The monoisotopic (exact) mass is 359 g/mol. The molecule has 146 valence electrons. The third-order valence-electron chi connectivity index (χ3n) is 8.72. The van der Waals surface area contributed by atoms with Gasteiger partial charge in [-0.1, -0.05) is 44.5 Å². The topological polar surface area (TPSA) is 46.5 Å². The minimum absolute atomic E-state index is 0.00306. The summed E-state index contributed by atoms with van der Waals surface area (Å²) in [5.74, 6) is 2.89. The van der Waals surface area contributed by atoms with E-state index < -0.39 is 0 Å². The smallest absolute Gasteiger partial charge is 0.133 e. The number of hydrogen-bond donors (Lipinski definition) is 0. The molecule has 0 saturated heterocycles. The maximum absolute atomic E-state index is 12.2. The molecule has 7 unspecified atom stereocenters. The molecule has 0 spiro atoms. The summed E-state index contributed by atoms with van der Waals surface area (Å²) in [6.07, 6.45) is 11.4. The Kier molecular flexibility index (Phi) is 5.48. The van der Waals surface area contributed by atoms with Crippen molar-refractivity contribution in [2.45, 2.75) is 92.0 Å². The molecular formula is C23H37NO2. The van der Waals surface area contributed by atoms with Crippen LogP contribution in [0.15, 0.2) is 16.8 Å². The predicted octanol–water partition coefficient (Wildman–Crippen LogP) is 6.32. The van der Waals surface area contributed by atoms with Crippen molar-refractivity contribution in [3.8, 4) is 0 Å². The number of nitroso groups, excluding NO2 is 1. The van der Waals surface area contributed by atoms with E-state index in [2.05, 4.69) is 25.1 Å². The van der Waals surface area contributed by atoms with Crippen LogP contribution in [0.4, 0.5) is 0 Å². The standard InChI is InChI=1S/C21H31NO2.C2H6/c1-13(23)17-6-7-18-16-5-4-14-12-15(22-24)8-10-20(14,2)19(16)9-11-21(17,18)3;1-2/h4,15-19H,5-12H2,1-3H3;1-2H3. The number of Topliss-reactive ketones (excluding diaryl/α,β-unsaturated/α-hetero) is 1. The molecule has 3 nitrogen and oxygen atoms in total. The molecule has 0 heterocycles. The van der Waals surface area contributed by atoms with E-state index in [0.717, 1.165) is 43.9 Å². The maximum atomic E-state index is 12.2. The second-order valence-electron chi connectivity index (χ2n) is 9.55. The molecule has 0 N–H and O–H groups in total. The van der Waals surface area contributed by atoms with Gasteiger partial charge >= 0.3 is 0 Å². The molecule has 26 heavy (non-hydrogen) atoms. The van der Waals surface area contributed by atoms with Crippen molar-refractivity contribution in [1.29, 1.82) is 0 Å². The van der Waals surface area contributed by atoms with Gasteiger partial charge in [0.15, 0.2) is 0 Å². The van der Waals surface area contributed by atoms with Crippen LogP contribution < -0.4 is 0 Å². The van der Waals surface area contributed by atoms with E-state index in [1.54, 1.807) is 6.92 Å². The Morgan fingerprint density at radius 1 is 1.08 bits per heavy atom. The van der Waals surface area contributed by atoms with Gasteiger partial charge in [-0.25, -0.2) is 0 Å². The molecule has 0 aromatic rings. The van der Waals surface area contributed by atoms with Crippen LogP contribution in [0.3, 0.4) is 0 Å². The lowest BCUT2D eigenvalue weighted by atomic mass is 9.47. The Bertz CT molecular complexity index is 597. The highest BCUT2D eigenvalue weighted by Crippen LogP contribution is 2.66. The summed E-state index contributed by atoms with van der Waals surface area (Å²) in [7, 11) is 0. The number of hydrogen-bond acceptors (Lipinski definition) is 3. The number of carbonyl (C=O) groups is 1. The number of nitrogens with zero attached hydrogens (tertiary/aromatic N) is 1. The lowest BCUT2D eigenvalue weighted by Gasteiger charge is -2.57. The van der Waals surface area contributed by atoms with Crippen molar-refractivity contribution in [1.82, 2.24) is 0 Å². The zero-order valence-electron chi connectivity index (χ0n) is 17.4. The van der Waals surface area contributed by atoms with Gasteiger partial charge in [0.25, 0.3) is 0 Å². The summed E-state index contributed by atoms with van der Waals surface area (Å²) in [6.45, 7) is 10.7. The van der Waals surface area contributed by atoms with Crippen LogP contribution in [-0.2, 0) is 4.79 Å². The first kappa shape index (κ1) is 19.8. The Balaban J connectivity index is 0.000000948. The van der Waals surface area contributed by atoms with Gasteiger partial charge in [0.1, 0.15) is 5.78 Å². The molecule has 0 amide bonds. The first-order chi connectivity index (χ1) is 12.4. The van der Waals surface area contributed by atoms with Crippen LogP contribution in [0.5, 0.6) is 0 Å². The third kappa shape index (κ3) is 2.81. The Morgan fingerprint density at radius 3 is 2.46 bits per heavy atom. The van der Waals surface area contributed by atoms with Crippen molar-refractivity contribution in [2.24, 2.45) is 39.7 Å². The largest absolute Gasteiger partial charge is 0.300 e. The molecule has 0 aromatic carbocycles. The SMILES string of the molecule is CC.CC(=O)C1CCC2C3CC=C4CC(N=O)CCC4(C)C3CCC12C. The number of fused-ring (bicyclic) bond motifs is 5. The first-order valence-corrected chi connectivity index (χ1v) is 10.9. The van der Waals surface area contributed by atoms with Gasteiger partial charge in [-0.15, -0.1) is 0 Å². The Morgan fingerprint density at radius 2 is 1.81 bits per heavy atom. The predicted molar refractivity (Wildman–Crippen MR) is 107 cm³/mol. The van der Waals surface area contributed by atoms with Gasteiger partial charge in [0.2, 0.25) is 0 Å². The second kappa shape index (κ2) is 7.20. The van der Waals surface area contributed by atoms with Crippen molar-refractivity contribution in [3.63, 3.8) is 0 Å². The molecule has 0 aliphatic heterocycles. The molecular weight excluding hydrogens is 322 g/mol. The van der Waals surface area contributed by atoms with Crippen molar-refractivity contribution in [2.75, 3.05) is 0 Å². The number of ketones is 1. The lowest BCUT2D eigenvalue weighted by molar-refractivity contribution is -0.127. The van der Waals surface area contributed by atoms with E-state index in [1.807, 2.05) is 13.8 Å². The van der Waals surface area contributed by atoms with E-state index >= 15 is 0 Å². The Labute approximate surface area is 159 Å². The van der Waals surface area contributed by atoms with E-state index in [4.69, 9.17) is 0 Å². The fraction of sp³-hybridized carbons (Fsp3) is 0.870. The van der Waals surface area contributed by atoms with Gasteiger partial charge < -0.3 is 0 Å². The summed E-state index contributed by atoms with van der Waals surface area (Å²) < 4.78 is 0. The van der Waals surface area contributed by atoms with E-state index in [9.17, 15) is 9.70 Å². The van der Waals surface area contributed by atoms with E-state index in [-0.39, 0.29) is 22.8 Å². The molecule has 0 radical (unpaired) electrons. The van der Waals surface area contributed by atoms with Gasteiger partial charge in [-0.05, 0) is 86.9 Å². The summed E-state index contributed by atoms with van der Waals surface area (Å²) in [4.78, 5) is 23.2. The van der Waals surface area contributed by atoms with Crippen LogP contribution in [-0.4, -0.2) is 11.8 Å². The summed E-state index contributed by atoms with van der Waals surface area (Å²) in [6, 6.07) is 0.00306. The normalized spacial score (nSPS) is 46.7. The highest BCUT2D eigenvalue weighted by molar-refractivity contribution is 5.79. The van der Waals surface area contributed by atoms with Crippen LogP contribution in [0.25, 0.3) is 0 Å². The van der Waals surface area contributed by atoms with Crippen LogP contribution in [0.2, 0.25) is 0 Å². The molecule has 0 aromatic heterocycles. The minimum Gasteiger partial charge on any atom is -0.300 e. The number of carbonyl (C=O) groups excluding carboxylic acids is 1. The zero-order chi connectivity index (χ0) is 19.1. The fourth-order valence-corrected chi connectivity index (χ4v) is 7.40. The first-order valence-electron chi connectivity index (χ1n) is 10.9. The maximum Gasteiger partial charge on any atom is 0.133 e. The van der Waals surface area contributed by atoms with Crippen LogP contribution in [0.1, 0.15) is 86.0 Å². The van der Waals surface area contributed by atoms with Crippen molar-refractivity contribution in [3.05, 3.63) is 16.6 Å². The highest BCUT2D eigenvalue weighted by atomic mass is 16.3. The van der Waals surface area contributed by atoms with Gasteiger partial charge in [0, 0.05) is 5.92 Å². The van der Waals surface area contributed by atoms with Gasteiger partial charge in [-0.2, -0.15) is 4.91 Å². The lowest BCUT2D eigenvalue weighted by Crippen LogP contribution is -2.50. The molecule has 4 aliphatic carbocycles. The average Bonchev–Trinajstić information content (AvgIpc) is 3.00. The average molecular weight is 360 g/mol. The van der Waals surface area contributed by atoms with Crippen molar-refractivity contribution < 1.29 is 4.79 Å². The molecule has 0 bridgehead atoms. The molecule has 3 fully saturated rings. The van der Waals surface area contributed by atoms with Gasteiger partial charge in [0.05, 0.1) is 6.04 Å². The minimum atomic E-state index is 0.00306. The fourth-order valence-electron chi connectivity index (χ4n) is 7.40. The highest BCUT2D eigenvalue weighted by Gasteiger charge is 2.59. The zero-order valence-corrected chi connectivity index (χ0v) is 17.4. The van der Waals surface area contributed by atoms with E-state index in [1.165, 1.54) is 24.8 Å².